The SMILES string of the molecule is O=C(O)c1ccccc1SC1CNC(C(=O)O)C1. The summed E-state index contributed by atoms with van der Waals surface area (Å²) in [6.07, 6.45) is 0.508. The molecule has 0 amide bonds. The quantitative estimate of drug-likeness (QED) is 0.762. The van der Waals surface area contributed by atoms with Crippen LogP contribution in [0.5, 0.6) is 0 Å². The maximum Gasteiger partial charge on any atom is 0.336 e. The largest absolute Gasteiger partial charge is 0.480 e. The molecule has 6 heteroatoms. The molecule has 3 N–H and O–H groups in total. The number of nitrogens with one attached hydrogen (secondary N) is 1. The summed E-state index contributed by atoms with van der Waals surface area (Å²) < 4.78 is 0. The van der Waals surface area contributed by atoms with Crippen LogP contribution < -0.4 is 5.32 Å². The lowest BCUT2D eigenvalue weighted by atomic mass is 10.2. The summed E-state index contributed by atoms with van der Waals surface area (Å²) in [5, 5.41) is 20.9. The van der Waals surface area contributed by atoms with Crippen LogP contribution in [0.25, 0.3) is 0 Å². The van der Waals surface area contributed by atoms with Crippen LogP contribution in [0.2, 0.25) is 0 Å². The van der Waals surface area contributed by atoms with Crippen molar-refractivity contribution in [1.82, 2.24) is 5.32 Å². The monoisotopic (exact) mass is 267 g/mol. The third-order valence-corrected chi connectivity index (χ3v) is 4.10. The Morgan fingerprint density at radius 2 is 2.00 bits per heavy atom. The summed E-state index contributed by atoms with van der Waals surface area (Å²) in [6, 6.07) is 6.25. The highest BCUT2D eigenvalue weighted by Crippen LogP contribution is 2.31. The van der Waals surface area contributed by atoms with Crippen LogP contribution in [0.4, 0.5) is 0 Å². The van der Waals surface area contributed by atoms with Gasteiger partial charge in [0.1, 0.15) is 6.04 Å². The molecule has 0 aliphatic carbocycles. The molecule has 2 atom stereocenters. The van der Waals surface area contributed by atoms with Gasteiger partial charge in [-0.05, 0) is 18.6 Å². The first-order chi connectivity index (χ1) is 8.58. The molecule has 2 unspecified atom stereocenters. The minimum Gasteiger partial charge on any atom is -0.480 e. The van der Waals surface area contributed by atoms with Crippen LogP contribution in [-0.2, 0) is 4.79 Å². The number of hydrogen-bond donors (Lipinski definition) is 3. The van der Waals surface area contributed by atoms with Gasteiger partial charge in [-0.1, -0.05) is 12.1 Å². The first-order valence-electron chi connectivity index (χ1n) is 5.53. The van der Waals surface area contributed by atoms with Crippen molar-refractivity contribution in [3.05, 3.63) is 29.8 Å². The number of rotatable bonds is 4. The summed E-state index contributed by atoms with van der Waals surface area (Å²) in [6.45, 7) is 0.579. The number of carboxylic acid groups (broad SMARTS) is 2. The molecule has 5 nitrogen and oxygen atoms in total. The summed E-state index contributed by atoms with van der Waals surface area (Å²) in [5.41, 5.74) is 0.265. The van der Waals surface area contributed by atoms with E-state index in [0.717, 1.165) is 0 Å². The molecule has 0 saturated carbocycles. The Morgan fingerprint density at radius 3 is 2.61 bits per heavy atom. The van der Waals surface area contributed by atoms with Crippen LogP contribution in [0.1, 0.15) is 16.8 Å². The lowest BCUT2D eigenvalue weighted by Gasteiger charge is -2.10. The molecule has 1 aliphatic rings. The van der Waals surface area contributed by atoms with E-state index < -0.39 is 18.0 Å². The Morgan fingerprint density at radius 1 is 1.28 bits per heavy atom. The zero-order valence-corrected chi connectivity index (χ0v) is 10.3. The van der Waals surface area contributed by atoms with E-state index in [1.54, 1.807) is 24.3 Å². The Labute approximate surface area is 108 Å². The molecule has 1 saturated heterocycles. The number of carbonyl (C=O) groups is 2. The summed E-state index contributed by atoms with van der Waals surface area (Å²) >= 11 is 1.42. The van der Waals surface area contributed by atoms with Gasteiger partial charge in [0.15, 0.2) is 0 Å². The maximum absolute atomic E-state index is 11.0. The normalized spacial score (nSPS) is 22.9. The third-order valence-electron chi connectivity index (χ3n) is 2.80. The molecule has 0 spiro atoms. The summed E-state index contributed by atoms with van der Waals surface area (Å²) in [4.78, 5) is 22.5. The van der Waals surface area contributed by atoms with Crippen molar-refractivity contribution < 1.29 is 19.8 Å². The Balaban J connectivity index is 2.07. The van der Waals surface area contributed by atoms with Crippen molar-refractivity contribution in [2.24, 2.45) is 0 Å². The van der Waals surface area contributed by atoms with E-state index in [0.29, 0.717) is 17.9 Å². The third kappa shape index (κ3) is 2.83. The maximum atomic E-state index is 11.0. The number of thioether (sulfide) groups is 1. The zero-order chi connectivity index (χ0) is 13.1. The van der Waals surface area contributed by atoms with E-state index in [9.17, 15) is 9.59 Å². The Bertz CT molecular complexity index is 477. The van der Waals surface area contributed by atoms with Gasteiger partial charge in [-0.15, -0.1) is 11.8 Å². The second-order valence-corrected chi connectivity index (χ2v) is 5.42. The molecule has 2 rings (SSSR count). The number of aliphatic carboxylic acids is 1. The molecule has 1 aromatic carbocycles. The molecule has 0 radical (unpaired) electrons. The van der Waals surface area contributed by atoms with Crippen molar-refractivity contribution in [1.29, 1.82) is 0 Å². The van der Waals surface area contributed by atoms with Crippen molar-refractivity contribution in [2.45, 2.75) is 22.6 Å². The Hall–Kier alpha value is -1.53. The van der Waals surface area contributed by atoms with Crippen molar-refractivity contribution >= 4 is 23.7 Å². The van der Waals surface area contributed by atoms with Gasteiger partial charge in [0.2, 0.25) is 0 Å². The molecule has 18 heavy (non-hydrogen) atoms. The van der Waals surface area contributed by atoms with Gasteiger partial charge in [0, 0.05) is 16.7 Å². The highest BCUT2D eigenvalue weighted by molar-refractivity contribution is 8.00. The van der Waals surface area contributed by atoms with Gasteiger partial charge in [-0.25, -0.2) is 4.79 Å². The highest BCUT2D eigenvalue weighted by atomic mass is 32.2. The number of aromatic carboxylic acids is 1. The fraction of sp³-hybridized carbons (Fsp3) is 0.333. The van der Waals surface area contributed by atoms with E-state index in [1.165, 1.54) is 11.8 Å². The van der Waals surface area contributed by atoms with Crippen molar-refractivity contribution in [3.8, 4) is 0 Å². The second kappa shape index (κ2) is 5.41. The Kier molecular flexibility index (Phi) is 3.88. The zero-order valence-electron chi connectivity index (χ0n) is 9.50. The lowest BCUT2D eigenvalue weighted by Crippen LogP contribution is -2.29. The number of carboxylic acids is 2. The van der Waals surface area contributed by atoms with Gasteiger partial charge in [-0.3, -0.25) is 4.79 Å². The molecule has 1 fully saturated rings. The van der Waals surface area contributed by atoms with Gasteiger partial charge in [-0.2, -0.15) is 0 Å². The average molecular weight is 267 g/mol. The highest BCUT2D eigenvalue weighted by Gasteiger charge is 2.30. The topological polar surface area (TPSA) is 86.6 Å². The van der Waals surface area contributed by atoms with Crippen LogP contribution in [0.3, 0.4) is 0 Å². The summed E-state index contributed by atoms with van der Waals surface area (Å²) in [7, 11) is 0. The molecule has 1 aromatic rings. The van der Waals surface area contributed by atoms with Gasteiger partial charge < -0.3 is 15.5 Å². The number of hydrogen-bond acceptors (Lipinski definition) is 4. The molecular weight excluding hydrogens is 254 g/mol. The van der Waals surface area contributed by atoms with E-state index in [4.69, 9.17) is 10.2 Å². The number of benzene rings is 1. The first kappa shape index (κ1) is 12.9. The fourth-order valence-corrected chi connectivity index (χ4v) is 3.17. The van der Waals surface area contributed by atoms with Crippen LogP contribution in [0.15, 0.2) is 29.2 Å². The van der Waals surface area contributed by atoms with Gasteiger partial charge in [0.05, 0.1) is 5.56 Å². The smallest absolute Gasteiger partial charge is 0.336 e. The lowest BCUT2D eigenvalue weighted by molar-refractivity contribution is -0.139. The molecule has 0 aromatic heterocycles. The second-order valence-electron chi connectivity index (χ2n) is 4.08. The van der Waals surface area contributed by atoms with E-state index in [2.05, 4.69) is 5.32 Å². The minimum absolute atomic E-state index is 0.0894. The van der Waals surface area contributed by atoms with Crippen molar-refractivity contribution in [2.75, 3.05) is 6.54 Å². The van der Waals surface area contributed by atoms with Crippen molar-refractivity contribution in [3.63, 3.8) is 0 Å². The van der Waals surface area contributed by atoms with E-state index in [-0.39, 0.29) is 10.8 Å². The molecule has 1 heterocycles. The fourth-order valence-electron chi connectivity index (χ4n) is 1.91. The van der Waals surface area contributed by atoms with Gasteiger partial charge in [0.25, 0.3) is 0 Å². The molecular formula is C12H13NO4S. The standard InChI is InChI=1S/C12H13NO4S/c14-11(15)8-3-1-2-4-10(8)18-7-5-9(12(16)17)13-6-7/h1-4,7,9,13H,5-6H2,(H,14,15)(H,16,17). The van der Waals surface area contributed by atoms with E-state index >= 15 is 0 Å². The molecule has 96 valence electrons. The van der Waals surface area contributed by atoms with E-state index in [1.807, 2.05) is 0 Å². The van der Waals surface area contributed by atoms with Crippen LogP contribution >= 0.6 is 11.8 Å². The predicted octanol–water partition coefficient (Wildman–Crippen LogP) is 1.29. The summed E-state index contributed by atoms with van der Waals surface area (Å²) in [5.74, 6) is -1.82. The van der Waals surface area contributed by atoms with Crippen LogP contribution in [-0.4, -0.2) is 40.0 Å². The average Bonchev–Trinajstić information content (AvgIpc) is 2.78. The van der Waals surface area contributed by atoms with Crippen LogP contribution in [0, 0.1) is 0 Å². The predicted molar refractivity (Wildman–Crippen MR) is 67.1 cm³/mol. The first-order valence-corrected chi connectivity index (χ1v) is 6.41. The molecule has 0 bridgehead atoms. The van der Waals surface area contributed by atoms with Gasteiger partial charge >= 0.3 is 11.9 Å². The molecule has 1 aliphatic heterocycles. The minimum atomic E-state index is -0.959.